The minimum Gasteiger partial charge on any atom is -0.479 e. The molecule has 4 aromatic heterocycles. The van der Waals surface area contributed by atoms with Crippen LogP contribution in [0.3, 0.4) is 0 Å². The second-order valence-electron chi connectivity index (χ2n) is 7.86. The Hall–Kier alpha value is -3.20. The molecule has 2 N–H and O–H groups in total. The molecule has 0 aromatic carbocycles. The van der Waals surface area contributed by atoms with Crippen molar-refractivity contribution in [1.29, 1.82) is 0 Å². The van der Waals surface area contributed by atoms with Crippen molar-refractivity contribution in [3.63, 3.8) is 0 Å². The van der Waals surface area contributed by atoms with Crippen LogP contribution in [0.15, 0.2) is 37.1 Å². The molecule has 150 valence electrons. The van der Waals surface area contributed by atoms with Crippen molar-refractivity contribution in [2.45, 2.75) is 44.2 Å². The molecule has 0 unspecified atom stereocenters. The standard InChI is InChI=1S/C20H23N7O2/c1-20(28)6-3-14(4-7-20)23-18-24-17(29-2)16-15(5-9-27(16)25-18)13-11-22-19-21-8-10-26(19)12-13/h5,8-12,14,28H,3-4,6-7H2,1-2H3,(H,23,25). The van der Waals surface area contributed by atoms with Crippen LogP contribution in [0.1, 0.15) is 32.6 Å². The van der Waals surface area contributed by atoms with Gasteiger partial charge in [0.05, 0.1) is 12.7 Å². The minimum atomic E-state index is -0.569. The number of hydrogen-bond acceptors (Lipinski definition) is 7. The van der Waals surface area contributed by atoms with Gasteiger partial charge in [0.2, 0.25) is 17.6 Å². The third-order valence-corrected chi connectivity index (χ3v) is 5.62. The van der Waals surface area contributed by atoms with Crippen LogP contribution in [0.5, 0.6) is 5.88 Å². The third kappa shape index (κ3) is 3.27. The van der Waals surface area contributed by atoms with Crippen molar-refractivity contribution in [3.05, 3.63) is 37.1 Å². The van der Waals surface area contributed by atoms with E-state index in [9.17, 15) is 5.11 Å². The lowest BCUT2D eigenvalue weighted by atomic mass is 9.84. The van der Waals surface area contributed by atoms with Gasteiger partial charge >= 0.3 is 0 Å². The summed E-state index contributed by atoms with van der Waals surface area (Å²) in [5.74, 6) is 1.67. The molecule has 0 saturated heterocycles. The Labute approximate surface area is 167 Å². The highest BCUT2D eigenvalue weighted by atomic mass is 16.5. The zero-order chi connectivity index (χ0) is 20.0. The number of rotatable bonds is 4. The Morgan fingerprint density at radius 1 is 1.24 bits per heavy atom. The summed E-state index contributed by atoms with van der Waals surface area (Å²) in [6.45, 7) is 1.89. The molecule has 1 fully saturated rings. The molecule has 0 atom stereocenters. The Morgan fingerprint density at radius 3 is 2.86 bits per heavy atom. The van der Waals surface area contributed by atoms with Gasteiger partial charge in [-0.1, -0.05) is 0 Å². The van der Waals surface area contributed by atoms with E-state index in [0.717, 1.165) is 42.3 Å². The number of imidazole rings is 1. The molecule has 9 nitrogen and oxygen atoms in total. The molecule has 0 amide bonds. The fourth-order valence-electron chi connectivity index (χ4n) is 3.95. The Balaban J connectivity index is 1.49. The van der Waals surface area contributed by atoms with E-state index in [1.807, 2.05) is 36.0 Å². The second-order valence-corrected chi connectivity index (χ2v) is 7.86. The molecule has 4 heterocycles. The fraction of sp³-hybridized carbons (Fsp3) is 0.400. The molecule has 0 spiro atoms. The molecule has 0 bridgehead atoms. The highest BCUT2D eigenvalue weighted by Crippen LogP contribution is 2.32. The number of nitrogens with one attached hydrogen (secondary N) is 1. The van der Waals surface area contributed by atoms with Gasteiger partial charge in [-0.15, -0.1) is 5.10 Å². The lowest BCUT2D eigenvalue weighted by molar-refractivity contribution is 0.0195. The second kappa shape index (κ2) is 6.70. The van der Waals surface area contributed by atoms with Gasteiger partial charge in [0, 0.05) is 48.2 Å². The Kier molecular flexibility index (Phi) is 4.13. The maximum atomic E-state index is 10.2. The van der Waals surface area contributed by atoms with Crippen molar-refractivity contribution in [1.82, 2.24) is 29.0 Å². The van der Waals surface area contributed by atoms with E-state index in [-0.39, 0.29) is 6.04 Å². The van der Waals surface area contributed by atoms with Gasteiger partial charge in [-0.3, -0.25) is 4.40 Å². The van der Waals surface area contributed by atoms with Crippen molar-refractivity contribution in [2.24, 2.45) is 0 Å². The molecule has 0 aliphatic heterocycles. The highest BCUT2D eigenvalue weighted by molar-refractivity contribution is 5.84. The van der Waals surface area contributed by atoms with Crippen molar-refractivity contribution in [2.75, 3.05) is 12.4 Å². The third-order valence-electron chi connectivity index (χ3n) is 5.62. The van der Waals surface area contributed by atoms with E-state index in [1.54, 1.807) is 24.0 Å². The molecule has 1 aliphatic carbocycles. The SMILES string of the molecule is COc1nc(NC2CCC(C)(O)CC2)nn2ccc(-c3cnc4nccn4c3)c12. The number of fused-ring (bicyclic) bond motifs is 2. The highest BCUT2D eigenvalue weighted by Gasteiger charge is 2.29. The molecule has 0 radical (unpaired) electrons. The van der Waals surface area contributed by atoms with Gasteiger partial charge in [-0.05, 0) is 38.7 Å². The molecule has 29 heavy (non-hydrogen) atoms. The van der Waals surface area contributed by atoms with E-state index in [4.69, 9.17) is 4.74 Å². The van der Waals surface area contributed by atoms with E-state index in [2.05, 4.69) is 25.4 Å². The van der Waals surface area contributed by atoms with Crippen LogP contribution >= 0.6 is 0 Å². The lowest BCUT2D eigenvalue weighted by Gasteiger charge is -2.33. The number of anilines is 1. The van der Waals surface area contributed by atoms with Crippen LogP contribution in [0, 0.1) is 0 Å². The molecule has 4 aromatic rings. The van der Waals surface area contributed by atoms with Gasteiger partial charge in [-0.25, -0.2) is 14.5 Å². The summed E-state index contributed by atoms with van der Waals surface area (Å²) in [7, 11) is 1.61. The topological polar surface area (TPSA) is 102 Å². The minimum absolute atomic E-state index is 0.236. The quantitative estimate of drug-likeness (QED) is 0.549. The zero-order valence-corrected chi connectivity index (χ0v) is 16.4. The van der Waals surface area contributed by atoms with Gasteiger partial charge < -0.3 is 15.2 Å². The summed E-state index contributed by atoms with van der Waals surface area (Å²) in [5, 5.41) is 18.2. The van der Waals surface area contributed by atoms with Crippen LogP contribution in [-0.2, 0) is 0 Å². The van der Waals surface area contributed by atoms with Crippen molar-refractivity contribution < 1.29 is 9.84 Å². The predicted molar refractivity (Wildman–Crippen MR) is 108 cm³/mol. The van der Waals surface area contributed by atoms with Crippen LogP contribution in [-0.4, -0.2) is 52.8 Å². The van der Waals surface area contributed by atoms with Gasteiger partial charge in [0.1, 0.15) is 5.52 Å². The molecule has 1 saturated carbocycles. The van der Waals surface area contributed by atoms with E-state index < -0.39 is 5.60 Å². The fourth-order valence-corrected chi connectivity index (χ4v) is 3.95. The first-order valence-electron chi connectivity index (χ1n) is 9.74. The lowest BCUT2D eigenvalue weighted by Crippen LogP contribution is -2.36. The van der Waals surface area contributed by atoms with Crippen molar-refractivity contribution >= 4 is 17.2 Å². The summed E-state index contributed by atoms with van der Waals surface area (Å²) in [4.78, 5) is 13.2. The molecule has 9 heteroatoms. The average molecular weight is 393 g/mol. The predicted octanol–water partition coefficient (Wildman–Crippen LogP) is 2.55. The molecule has 1 aliphatic rings. The summed E-state index contributed by atoms with van der Waals surface area (Å²) in [6, 6.07) is 2.22. The smallest absolute Gasteiger partial charge is 0.244 e. The molecule has 5 rings (SSSR count). The van der Waals surface area contributed by atoms with Gasteiger partial charge in [0.15, 0.2) is 0 Å². The summed E-state index contributed by atoms with van der Waals surface area (Å²) in [6.07, 6.45) is 12.5. The van der Waals surface area contributed by atoms with E-state index in [1.165, 1.54) is 0 Å². The first-order valence-corrected chi connectivity index (χ1v) is 9.74. The number of hydrogen-bond donors (Lipinski definition) is 2. The Bertz CT molecular complexity index is 1170. The number of ether oxygens (including phenoxy) is 1. The van der Waals surface area contributed by atoms with Crippen LogP contribution in [0.25, 0.3) is 22.4 Å². The van der Waals surface area contributed by atoms with E-state index >= 15 is 0 Å². The molecular weight excluding hydrogens is 370 g/mol. The number of methoxy groups -OCH3 is 1. The number of aromatic nitrogens is 6. The van der Waals surface area contributed by atoms with Gasteiger partial charge in [0.25, 0.3) is 0 Å². The maximum absolute atomic E-state index is 10.2. The van der Waals surface area contributed by atoms with Crippen LogP contribution in [0.4, 0.5) is 5.95 Å². The normalized spacial score (nSPS) is 22.2. The number of aliphatic hydroxyl groups is 1. The van der Waals surface area contributed by atoms with Crippen LogP contribution < -0.4 is 10.1 Å². The summed E-state index contributed by atoms with van der Waals surface area (Å²) in [5.41, 5.74) is 2.08. The summed E-state index contributed by atoms with van der Waals surface area (Å²) < 4.78 is 9.25. The van der Waals surface area contributed by atoms with E-state index in [0.29, 0.717) is 17.6 Å². The summed E-state index contributed by atoms with van der Waals surface area (Å²) >= 11 is 0. The van der Waals surface area contributed by atoms with Crippen molar-refractivity contribution in [3.8, 4) is 17.0 Å². The van der Waals surface area contributed by atoms with Crippen LogP contribution in [0.2, 0.25) is 0 Å². The monoisotopic (exact) mass is 393 g/mol. The first kappa shape index (κ1) is 17.9. The van der Waals surface area contributed by atoms with Gasteiger partial charge in [-0.2, -0.15) is 4.98 Å². The number of nitrogens with zero attached hydrogens (tertiary/aromatic N) is 6. The Morgan fingerprint density at radius 2 is 2.07 bits per heavy atom. The molecular formula is C20H23N7O2. The largest absolute Gasteiger partial charge is 0.479 e. The zero-order valence-electron chi connectivity index (χ0n) is 16.4. The maximum Gasteiger partial charge on any atom is 0.244 e. The average Bonchev–Trinajstić information content (AvgIpc) is 3.35. The first-order chi connectivity index (χ1) is 14.0.